The van der Waals surface area contributed by atoms with Gasteiger partial charge in [-0.15, -0.1) is 0 Å². The molecule has 1 fully saturated rings. The van der Waals surface area contributed by atoms with Gasteiger partial charge in [-0.3, -0.25) is 0 Å². The minimum atomic E-state index is 0.0313. The predicted molar refractivity (Wildman–Crippen MR) is 82.2 cm³/mol. The standard InChI is InChI=1S/C16H33NO3/c1-4-17-14-16(8-5-7-15(2)13-16)20-12-11-19-10-6-9-18-3/h15,17H,4-14H2,1-3H3. The molecular formula is C16H33NO3. The topological polar surface area (TPSA) is 39.7 Å². The van der Waals surface area contributed by atoms with Crippen LogP contribution in [-0.4, -0.2) is 52.2 Å². The molecule has 0 aromatic carbocycles. The fourth-order valence-corrected chi connectivity index (χ4v) is 3.03. The number of methoxy groups -OCH3 is 1. The first kappa shape index (κ1) is 17.9. The lowest BCUT2D eigenvalue weighted by atomic mass is 9.78. The van der Waals surface area contributed by atoms with E-state index in [0.29, 0.717) is 13.2 Å². The Morgan fingerprint density at radius 3 is 2.75 bits per heavy atom. The molecule has 1 aliphatic carbocycles. The third-order valence-corrected chi connectivity index (χ3v) is 4.02. The van der Waals surface area contributed by atoms with Gasteiger partial charge in [-0.2, -0.15) is 0 Å². The lowest BCUT2D eigenvalue weighted by molar-refractivity contribution is -0.0954. The summed E-state index contributed by atoms with van der Waals surface area (Å²) < 4.78 is 16.8. The average Bonchev–Trinajstić information content (AvgIpc) is 2.44. The molecule has 1 rings (SSSR count). The normalized spacial score (nSPS) is 26.9. The summed E-state index contributed by atoms with van der Waals surface area (Å²) in [5.74, 6) is 0.769. The van der Waals surface area contributed by atoms with Gasteiger partial charge < -0.3 is 19.5 Å². The number of hydrogen-bond donors (Lipinski definition) is 1. The zero-order valence-corrected chi connectivity index (χ0v) is 13.6. The second-order valence-corrected chi connectivity index (χ2v) is 5.97. The van der Waals surface area contributed by atoms with Crippen LogP contribution < -0.4 is 5.32 Å². The molecule has 0 aliphatic heterocycles. The van der Waals surface area contributed by atoms with E-state index < -0.39 is 0 Å². The van der Waals surface area contributed by atoms with Crippen molar-refractivity contribution >= 4 is 0 Å². The molecule has 1 saturated carbocycles. The highest BCUT2D eigenvalue weighted by atomic mass is 16.5. The van der Waals surface area contributed by atoms with Crippen LogP contribution in [0.5, 0.6) is 0 Å². The van der Waals surface area contributed by atoms with Gasteiger partial charge in [-0.05, 0) is 31.7 Å². The third kappa shape index (κ3) is 7.02. The first-order valence-electron chi connectivity index (χ1n) is 8.14. The zero-order chi connectivity index (χ0) is 14.7. The van der Waals surface area contributed by atoms with E-state index >= 15 is 0 Å². The monoisotopic (exact) mass is 287 g/mol. The SMILES string of the molecule is CCNCC1(OCCOCCCOC)CCCC(C)C1. The van der Waals surface area contributed by atoms with Crippen molar-refractivity contribution < 1.29 is 14.2 Å². The Bertz CT molecular complexity index is 238. The summed E-state index contributed by atoms with van der Waals surface area (Å²) in [5.41, 5.74) is 0.0313. The average molecular weight is 287 g/mol. The molecule has 0 bridgehead atoms. The van der Waals surface area contributed by atoms with E-state index in [1.54, 1.807) is 7.11 Å². The van der Waals surface area contributed by atoms with Crippen molar-refractivity contribution in [2.75, 3.05) is 46.6 Å². The summed E-state index contributed by atoms with van der Waals surface area (Å²) in [6, 6.07) is 0. The van der Waals surface area contributed by atoms with Crippen molar-refractivity contribution in [1.29, 1.82) is 0 Å². The van der Waals surface area contributed by atoms with Gasteiger partial charge in [0.1, 0.15) is 0 Å². The Morgan fingerprint density at radius 1 is 1.20 bits per heavy atom. The second-order valence-electron chi connectivity index (χ2n) is 5.97. The molecule has 20 heavy (non-hydrogen) atoms. The van der Waals surface area contributed by atoms with Gasteiger partial charge in [0.15, 0.2) is 0 Å². The van der Waals surface area contributed by atoms with Gasteiger partial charge in [0.25, 0.3) is 0 Å². The molecule has 0 aromatic heterocycles. The summed E-state index contributed by atoms with van der Waals surface area (Å²) in [4.78, 5) is 0. The maximum atomic E-state index is 6.23. The zero-order valence-electron chi connectivity index (χ0n) is 13.6. The van der Waals surface area contributed by atoms with Gasteiger partial charge in [0.2, 0.25) is 0 Å². The highest BCUT2D eigenvalue weighted by molar-refractivity contribution is 4.89. The molecule has 1 N–H and O–H groups in total. The third-order valence-electron chi connectivity index (χ3n) is 4.02. The van der Waals surface area contributed by atoms with Crippen LogP contribution in [-0.2, 0) is 14.2 Å². The lowest BCUT2D eigenvalue weighted by Gasteiger charge is -2.40. The molecule has 0 aromatic rings. The van der Waals surface area contributed by atoms with E-state index in [-0.39, 0.29) is 5.60 Å². The van der Waals surface area contributed by atoms with Crippen LogP contribution in [0, 0.1) is 5.92 Å². The predicted octanol–water partition coefficient (Wildman–Crippen LogP) is 2.61. The van der Waals surface area contributed by atoms with Crippen molar-refractivity contribution in [3.05, 3.63) is 0 Å². The molecule has 2 atom stereocenters. The lowest BCUT2D eigenvalue weighted by Crippen LogP contribution is -2.47. The van der Waals surface area contributed by atoms with E-state index in [4.69, 9.17) is 14.2 Å². The molecular weight excluding hydrogens is 254 g/mol. The van der Waals surface area contributed by atoms with Crippen LogP contribution in [0.15, 0.2) is 0 Å². The molecule has 0 spiro atoms. The minimum absolute atomic E-state index is 0.0313. The number of ether oxygens (including phenoxy) is 3. The molecule has 4 heteroatoms. The van der Waals surface area contributed by atoms with E-state index in [1.165, 1.54) is 25.7 Å². The van der Waals surface area contributed by atoms with Crippen molar-refractivity contribution in [3.63, 3.8) is 0 Å². The number of likely N-dealkylation sites (N-methyl/N-ethyl adjacent to an activating group) is 1. The van der Waals surface area contributed by atoms with Crippen LogP contribution in [0.25, 0.3) is 0 Å². The number of hydrogen-bond acceptors (Lipinski definition) is 4. The van der Waals surface area contributed by atoms with E-state index in [1.807, 2.05) is 0 Å². The summed E-state index contributed by atoms with van der Waals surface area (Å²) in [6.45, 7) is 9.38. The van der Waals surface area contributed by atoms with Crippen molar-refractivity contribution in [1.82, 2.24) is 5.32 Å². The van der Waals surface area contributed by atoms with Crippen LogP contribution >= 0.6 is 0 Å². The molecule has 0 radical (unpaired) electrons. The van der Waals surface area contributed by atoms with Crippen LogP contribution in [0.1, 0.15) is 46.0 Å². The van der Waals surface area contributed by atoms with Crippen LogP contribution in [0.4, 0.5) is 0 Å². The summed E-state index contributed by atoms with van der Waals surface area (Å²) >= 11 is 0. The van der Waals surface area contributed by atoms with Gasteiger partial charge >= 0.3 is 0 Å². The minimum Gasteiger partial charge on any atom is -0.385 e. The highest BCUT2D eigenvalue weighted by Crippen LogP contribution is 2.34. The summed E-state index contributed by atoms with van der Waals surface area (Å²) in [6.07, 6.45) is 5.92. The van der Waals surface area contributed by atoms with Gasteiger partial charge in [-0.25, -0.2) is 0 Å². The first-order valence-corrected chi connectivity index (χ1v) is 8.14. The van der Waals surface area contributed by atoms with Gasteiger partial charge in [0, 0.05) is 26.9 Å². The fourth-order valence-electron chi connectivity index (χ4n) is 3.03. The molecule has 120 valence electrons. The molecule has 2 unspecified atom stereocenters. The Kier molecular flexibility index (Phi) is 9.44. The molecule has 0 heterocycles. The van der Waals surface area contributed by atoms with Gasteiger partial charge in [0.05, 0.1) is 18.8 Å². The smallest absolute Gasteiger partial charge is 0.0810 e. The van der Waals surface area contributed by atoms with Crippen molar-refractivity contribution in [2.45, 2.75) is 51.6 Å². The summed E-state index contributed by atoms with van der Waals surface area (Å²) in [7, 11) is 1.72. The van der Waals surface area contributed by atoms with E-state index in [2.05, 4.69) is 19.2 Å². The Labute approximate surface area is 124 Å². The maximum absolute atomic E-state index is 6.23. The summed E-state index contributed by atoms with van der Waals surface area (Å²) in [5, 5.41) is 3.47. The molecule has 0 amide bonds. The van der Waals surface area contributed by atoms with E-state index in [0.717, 1.165) is 38.6 Å². The van der Waals surface area contributed by atoms with Crippen molar-refractivity contribution in [2.24, 2.45) is 5.92 Å². The van der Waals surface area contributed by atoms with E-state index in [9.17, 15) is 0 Å². The quantitative estimate of drug-likeness (QED) is 0.593. The molecule has 0 saturated heterocycles. The Balaban J connectivity index is 2.23. The van der Waals surface area contributed by atoms with Crippen LogP contribution in [0.2, 0.25) is 0 Å². The van der Waals surface area contributed by atoms with Crippen LogP contribution in [0.3, 0.4) is 0 Å². The Hall–Kier alpha value is -0.160. The van der Waals surface area contributed by atoms with Crippen molar-refractivity contribution in [3.8, 4) is 0 Å². The molecule has 4 nitrogen and oxygen atoms in total. The largest absolute Gasteiger partial charge is 0.385 e. The highest BCUT2D eigenvalue weighted by Gasteiger charge is 2.35. The fraction of sp³-hybridized carbons (Fsp3) is 1.00. The Morgan fingerprint density at radius 2 is 2.05 bits per heavy atom. The number of nitrogens with one attached hydrogen (secondary N) is 1. The maximum Gasteiger partial charge on any atom is 0.0810 e. The number of rotatable bonds is 11. The second kappa shape index (κ2) is 10.6. The molecule has 1 aliphatic rings. The van der Waals surface area contributed by atoms with Gasteiger partial charge in [-0.1, -0.05) is 26.7 Å². The first-order chi connectivity index (χ1) is 9.72.